The topological polar surface area (TPSA) is 76.9 Å². The third-order valence-electron chi connectivity index (χ3n) is 5.54. The van der Waals surface area contributed by atoms with Crippen LogP contribution in [0.1, 0.15) is 31.7 Å². The fourth-order valence-corrected chi connectivity index (χ4v) is 3.49. The van der Waals surface area contributed by atoms with Gasteiger partial charge in [-0.1, -0.05) is 11.5 Å². The number of aromatic amines is 1. The summed E-state index contributed by atoms with van der Waals surface area (Å²) in [5.74, 6) is 0.154. The molecule has 2 heterocycles. The predicted molar refractivity (Wildman–Crippen MR) is 115 cm³/mol. The molecule has 0 unspecified atom stereocenters. The Morgan fingerprint density at radius 3 is 2.82 bits per heavy atom. The minimum atomic E-state index is 0.154. The van der Waals surface area contributed by atoms with Gasteiger partial charge in [-0.25, -0.2) is 0 Å². The maximum absolute atomic E-state index is 10.6. The maximum Gasteiger partial charge on any atom is 0.242 e. The van der Waals surface area contributed by atoms with Gasteiger partial charge in [-0.05, 0) is 56.7 Å². The highest BCUT2D eigenvalue weighted by Gasteiger charge is 2.27. The minimum Gasteiger partial charge on any atom is -0.507 e. The zero-order valence-corrected chi connectivity index (χ0v) is 16.2. The first-order chi connectivity index (χ1) is 13.6. The summed E-state index contributed by atoms with van der Waals surface area (Å²) in [6.07, 6.45) is 9.18. The van der Waals surface area contributed by atoms with Gasteiger partial charge in [0.2, 0.25) is 7.28 Å². The average Bonchev–Trinajstić information content (AvgIpc) is 3.29. The van der Waals surface area contributed by atoms with E-state index in [9.17, 15) is 5.11 Å². The van der Waals surface area contributed by atoms with Crippen LogP contribution in [0.25, 0.3) is 16.8 Å². The molecule has 6 nitrogen and oxygen atoms in total. The summed E-state index contributed by atoms with van der Waals surface area (Å²) in [5, 5.41) is 17.3. The number of nitrogens with one attached hydrogen (secondary N) is 1. The molecule has 0 atom stereocenters. The van der Waals surface area contributed by atoms with Gasteiger partial charge in [-0.3, -0.25) is 15.1 Å². The fourth-order valence-electron chi connectivity index (χ4n) is 3.49. The summed E-state index contributed by atoms with van der Waals surface area (Å²) < 4.78 is 0. The van der Waals surface area contributed by atoms with Crippen molar-refractivity contribution in [3.05, 3.63) is 53.4 Å². The Kier molecular flexibility index (Phi) is 4.90. The quantitative estimate of drug-likeness (QED) is 0.622. The zero-order valence-electron chi connectivity index (χ0n) is 16.2. The lowest BCUT2D eigenvalue weighted by Gasteiger charge is -2.36. The highest BCUT2D eigenvalue weighted by Crippen LogP contribution is 2.33. The Balaban J connectivity index is 1.56. The number of H-pyrrole nitrogens is 1. The molecular weight excluding hydrogens is 349 g/mol. The summed E-state index contributed by atoms with van der Waals surface area (Å²) >= 11 is 0. The molecule has 0 amide bonds. The van der Waals surface area contributed by atoms with Gasteiger partial charge in [-0.15, -0.1) is 0 Å². The number of nitrogens with zero attached hydrogens (tertiary/aromatic N) is 4. The van der Waals surface area contributed by atoms with E-state index in [0.29, 0.717) is 17.3 Å². The van der Waals surface area contributed by atoms with Crippen LogP contribution in [0.15, 0.2) is 57.8 Å². The van der Waals surface area contributed by atoms with E-state index in [0.717, 1.165) is 28.0 Å². The second-order valence-corrected chi connectivity index (χ2v) is 7.26. The Labute approximate surface area is 165 Å². The lowest BCUT2D eigenvalue weighted by Crippen LogP contribution is -2.43. The van der Waals surface area contributed by atoms with Crippen LogP contribution in [0.3, 0.4) is 0 Å². The van der Waals surface area contributed by atoms with Crippen molar-refractivity contribution in [3.63, 3.8) is 0 Å². The van der Waals surface area contributed by atoms with Gasteiger partial charge in [-0.2, -0.15) is 5.10 Å². The highest BCUT2D eigenvalue weighted by molar-refractivity contribution is 6.82. The summed E-state index contributed by atoms with van der Waals surface area (Å²) in [6, 6.07) is 6.09. The van der Waals surface area contributed by atoms with Gasteiger partial charge in [0.25, 0.3) is 0 Å². The molecule has 4 rings (SSSR count). The van der Waals surface area contributed by atoms with Gasteiger partial charge in [0, 0.05) is 36.1 Å². The number of allylic oxidation sites excluding steroid dienone is 3. The van der Waals surface area contributed by atoms with Crippen LogP contribution in [0.2, 0.25) is 0 Å². The number of aromatic hydroxyl groups is 1. The van der Waals surface area contributed by atoms with Crippen molar-refractivity contribution in [1.82, 2.24) is 15.1 Å². The first kappa shape index (κ1) is 18.3. The summed E-state index contributed by atoms with van der Waals surface area (Å²) in [7, 11) is 4.18. The molecular formula is C21H23BN5O. The second-order valence-electron chi connectivity index (χ2n) is 7.26. The molecule has 0 spiro atoms. The molecule has 2 aliphatic rings. The molecule has 0 saturated heterocycles. The van der Waals surface area contributed by atoms with Crippen molar-refractivity contribution in [2.45, 2.75) is 32.2 Å². The molecule has 28 heavy (non-hydrogen) atoms. The largest absolute Gasteiger partial charge is 0.507 e. The lowest BCUT2D eigenvalue weighted by molar-refractivity contribution is 0.244. The predicted octanol–water partition coefficient (Wildman–Crippen LogP) is 3.61. The lowest BCUT2D eigenvalue weighted by atomic mass is 9.67. The number of phenolic OH excluding ortho intramolecular Hbond substituents is 1. The molecule has 0 bridgehead atoms. The van der Waals surface area contributed by atoms with E-state index in [4.69, 9.17) is 4.99 Å². The van der Waals surface area contributed by atoms with E-state index in [1.54, 1.807) is 18.5 Å². The first-order valence-corrected chi connectivity index (χ1v) is 9.45. The number of rotatable bonds is 5. The van der Waals surface area contributed by atoms with E-state index in [1.807, 2.05) is 25.1 Å². The number of benzene rings is 1. The molecule has 2 aromatic rings. The number of hydrogen-bond donors (Lipinski definition) is 2. The van der Waals surface area contributed by atoms with E-state index in [1.165, 1.54) is 19.3 Å². The third kappa shape index (κ3) is 3.40. The Bertz CT molecular complexity index is 986. The van der Waals surface area contributed by atoms with Crippen LogP contribution in [0, 0.1) is 0 Å². The van der Waals surface area contributed by atoms with Gasteiger partial charge >= 0.3 is 0 Å². The van der Waals surface area contributed by atoms with Crippen LogP contribution in [0.5, 0.6) is 5.75 Å². The van der Waals surface area contributed by atoms with E-state index in [2.05, 4.69) is 41.1 Å². The molecule has 1 aliphatic carbocycles. The van der Waals surface area contributed by atoms with Crippen molar-refractivity contribution < 1.29 is 5.11 Å². The number of aromatic nitrogens is 2. The highest BCUT2D eigenvalue weighted by atomic mass is 16.3. The SMILES string of the molecule is C=N/C(=C\C1=C(C)N=C(N(C)C2CCC2)[B]1)c1ccc(-c2cn[nH]c2)cc1O. The van der Waals surface area contributed by atoms with Crippen LogP contribution >= 0.6 is 0 Å². The molecule has 2 N–H and O–H groups in total. The molecule has 141 valence electrons. The molecule has 1 aromatic heterocycles. The van der Waals surface area contributed by atoms with E-state index >= 15 is 0 Å². The first-order valence-electron chi connectivity index (χ1n) is 9.45. The van der Waals surface area contributed by atoms with Crippen molar-refractivity contribution in [3.8, 4) is 16.9 Å². The van der Waals surface area contributed by atoms with E-state index < -0.39 is 0 Å². The normalized spacial score (nSPS) is 17.2. The van der Waals surface area contributed by atoms with Crippen LogP contribution in [0.4, 0.5) is 0 Å². The van der Waals surface area contributed by atoms with Gasteiger partial charge in [0.1, 0.15) is 5.75 Å². The van der Waals surface area contributed by atoms with Crippen LogP contribution in [-0.2, 0) is 0 Å². The summed E-state index contributed by atoms with van der Waals surface area (Å²) in [6.45, 7) is 5.69. The molecule has 1 fully saturated rings. The zero-order chi connectivity index (χ0) is 19.7. The Hall–Kier alpha value is -3.09. The molecule has 1 radical (unpaired) electrons. The summed E-state index contributed by atoms with van der Waals surface area (Å²) in [5.41, 5.74) is 5.96. The van der Waals surface area contributed by atoms with Gasteiger partial charge < -0.3 is 10.0 Å². The van der Waals surface area contributed by atoms with Crippen molar-refractivity contribution in [1.29, 1.82) is 0 Å². The van der Waals surface area contributed by atoms with Crippen molar-refractivity contribution in [2.75, 3.05) is 7.05 Å². The number of hydrogen-bond acceptors (Lipinski definition) is 5. The maximum atomic E-state index is 10.6. The molecule has 1 aliphatic heterocycles. The number of phenols is 1. The summed E-state index contributed by atoms with van der Waals surface area (Å²) in [4.78, 5) is 11.1. The Morgan fingerprint density at radius 2 is 2.21 bits per heavy atom. The van der Waals surface area contributed by atoms with Crippen LogP contribution < -0.4 is 0 Å². The molecule has 1 saturated carbocycles. The number of amidine groups is 1. The average molecular weight is 372 g/mol. The van der Waals surface area contributed by atoms with Gasteiger partial charge in [0.15, 0.2) is 0 Å². The molecule has 1 aromatic carbocycles. The minimum absolute atomic E-state index is 0.154. The molecule has 7 heteroatoms. The van der Waals surface area contributed by atoms with E-state index in [-0.39, 0.29) is 5.75 Å². The fraction of sp³-hybridized carbons (Fsp3) is 0.286. The number of aliphatic imine (C=N–C) groups is 2. The Morgan fingerprint density at radius 1 is 1.39 bits per heavy atom. The van der Waals surface area contributed by atoms with Crippen molar-refractivity contribution >= 4 is 25.4 Å². The third-order valence-corrected chi connectivity index (χ3v) is 5.54. The monoisotopic (exact) mass is 372 g/mol. The standard InChI is InChI=1S/C21H23BN5O/c1-13-18(22-21(26-13)27(3)16-5-4-6-16)10-19(23-2)17-8-7-14(9-20(17)28)15-11-24-25-12-15/h7-12,16,28H,2,4-6H2,1,3H3,(H,24,25)/b19-10-. The van der Waals surface area contributed by atoms with Crippen molar-refractivity contribution in [2.24, 2.45) is 9.98 Å². The van der Waals surface area contributed by atoms with Gasteiger partial charge in [0.05, 0.1) is 17.6 Å². The smallest absolute Gasteiger partial charge is 0.242 e. The second kappa shape index (κ2) is 7.50. The van der Waals surface area contributed by atoms with Crippen LogP contribution in [-0.4, -0.2) is 53.0 Å².